The first-order valence-electron chi connectivity index (χ1n) is 6.96. The van der Waals surface area contributed by atoms with Crippen LogP contribution in [0.25, 0.3) is 0 Å². The van der Waals surface area contributed by atoms with Crippen LogP contribution in [0, 0.1) is 5.92 Å². The van der Waals surface area contributed by atoms with E-state index in [1.807, 2.05) is 0 Å². The van der Waals surface area contributed by atoms with E-state index >= 15 is 0 Å². The van der Waals surface area contributed by atoms with Crippen LogP contribution in [-0.2, 0) is 10.2 Å². The smallest absolute Gasteiger partial charge is 0.330 e. The fourth-order valence-corrected chi connectivity index (χ4v) is 4.24. The molecule has 122 valence electrons. The Morgan fingerprint density at radius 2 is 1.81 bits per heavy atom. The molecule has 2 N–H and O–H groups in total. The van der Waals surface area contributed by atoms with E-state index in [2.05, 4.69) is 0 Å². The predicted octanol–water partition coefficient (Wildman–Crippen LogP) is 1.10. The SMILES string of the molecule is NCC1CCN(S(=O)(=O)N2CC=C(C(F)(F)F)CC2)CC1. The lowest BCUT2D eigenvalue weighted by molar-refractivity contribution is -0.0954. The molecule has 0 aliphatic carbocycles. The van der Waals surface area contributed by atoms with Gasteiger partial charge in [0.15, 0.2) is 0 Å². The van der Waals surface area contributed by atoms with E-state index in [1.165, 1.54) is 4.31 Å². The van der Waals surface area contributed by atoms with Crippen molar-refractivity contribution in [2.24, 2.45) is 11.7 Å². The highest BCUT2D eigenvalue weighted by Gasteiger charge is 2.38. The Morgan fingerprint density at radius 3 is 2.24 bits per heavy atom. The van der Waals surface area contributed by atoms with Gasteiger partial charge in [0.2, 0.25) is 0 Å². The molecule has 0 saturated carbocycles. The Kier molecular flexibility index (Phi) is 4.96. The number of hydrogen-bond acceptors (Lipinski definition) is 3. The van der Waals surface area contributed by atoms with Gasteiger partial charge in [0.05, 0.1) is 0 Å². The molecule has 2 aliphatic heterocycles. The highest BCUT2D eigenvalue weighted by atomic mass is 32.2. The third kappa shape index (κ3) is 3.77. The molecule has 1 saturated heterocycles. The third-order valence-corrected chi connectivity index (χ3v) is 6.10. The van der Waals surface area contributed by atoms with Gasteiger partial charge in [0, 0.05) is 31.8 Å². The second-order valence-electron chi connectivity index (χ2n) is 5.42. The van der Waals surface area contributed by atoms with Crippen LogP contribution >= 0.6 is 0 Å². The molecule has 0 spiro atoms. The lowest BCUT2D eigenvalue weighted by Gasteiger charge is -2.35. The number of hydrogen-bond donors (Lipinski definition) is 1. The normalized spacial score (nSPS) is 24.1. The summed E-state index contributed by atoms with van der Waals surface area (Å²) in [6.07, 6.45) is -2.29. The van der Waals surface area contributed by atoms with Crippen molar-refractivity contribution in [3.63, 3.8) is 0 Å². The average Bonchev–Trinajstić information content (AvgIpc) is 2.46. The van der Waals surface area contributed by atoms with Gasteiger partial charge >= 0.3 is 6.18 Å². The largest absolute Gasteiger partial charge is 0.412 e. The summed E-state index contributed by atoms with van der Waals surface area (Å²) in [6.45, 7) is 0.973. The quantitative estimate of drug-likeness (QED) is 0.789. The molecule has 2 heterocycles. The molecule has 0 aromatic heterocycles. The Balaban J connectivity index is 2.01. The molecule has 0 atom stereocenters. The summed E-state index contributed by atoms with van der Waals surface area (Å²) < 4.78 is 64.9. The van der Waals surface area contributed by atoms with Crippen LogP contribution in [0.5, 0.6) is 0 Å². The van der Waals surface area contributed by atoms with Crippen LogP contribution in [0.3, 0.4) is 0 Å². The molecule has 2 rings (SSSR count). The van der Waals surface area contributed by atoms with E-state index in [4.69, 9.17) is 5.73 Å². The van der Waals surface area contributed by atoms with Crippen molar-refractivity contribution in [2.75, 3.05) is 32.7 Å². The average molecular weight is 327 g/mol. The monoisotopic (exact) mass is 327 g/mol. The van der Waals surface area contributed by atoms with Gasteiger partial charge in [-0.15, -0.1) is 0 Å². The zero-order valence-corrected chi connectivity index (χ0v) is 12.5. The summed E-state index contributed by atoms with van der Waals surface area (Å²) in [5.74, 6) is 0.328. The van der Waals surface area contributed by atoms with Gasteiger partial charge < -0.3 is 5.73 Å². The summed E-state index contributed by atoms with van der Waals surface area (Å²) in [5, 5.41) is 0. The highest BCUT2D eigenvalue weighted by molar-refractivity contribution is 7.86. The number of piperidine rings is 1. The minimum Gasteiger partial charge on any atom is -0.330 e. The molecule has 0 amide bonds. The third-order valence-electron chi connectivity index (χ3n) is 4.10. The summed E-state index contributed by atoms with van der Waals surface area (Å²) >= 11 is 0. The topological polar surface area (TPSA) is 66.6 Å². The molecular formula is C12H20F3N3O2S. The van der Waals surface area contributed by atoms with Crippen LogP contribution in [0.4, 0.5) is 13.2 Å². The van der Waals surface area contributed by atoms with Crippen LogP contribution in [-0.4, -0.2) is 55.9 Å². The first-order valence-corrected chi connectivity index (χ1v) is 8.36. The van der Waals surface area contributed by atoms with Crippen molar-refractivity contribution in [3.8, 4) is 0 Å². The molecule has 5 nitrogen and oxygen atoms in total. The van der Waals surface area contributed by atoms with Gasteiger partial charge in [0.1, 0.15) is 0 Å². The molecule has 0 aromatic carbocycles. The minimum atomic E-state index is -4.37. The zero-order valence-electron chi connectivity index (χ0n) is 11.6. The molecule has 0 radical (unpaired) electrons. The van der Waals surface area contributed by atoms with Gasteiger partial charge in [-0.2, -0.15) is 30.2 Å². The fraction of sp³-hybridized carbons (Fsp3) is 0.833. The standard InChI is InChI=1S/C12H20F3N3O2S/c13-12(14,15)11-3-7-18(8-4-11)21(19,20)17-5-1-10(9-16)2-6-17/h3,10H,1-2,4-9,16H2. The number of nitrogens with zero attached hydrogens (tertiary/aromatic N) is 2. The Hall–Kier alpha value is -0.640. The van der Waals surface area contributed by atoms with E-state index in [9.17, 15) is 21.6 Å². The first-order chi connectivity index (χ1) is 9.75. The van der Waals surface area contributed by atoms with Gasteiger partial charge in [-0.05, 0) is 31.7 Å². The number of alkyl halides is 3. The maximum atomic E-state index is 12.5. The molecule has 2 aliphatic rings. The van der Waals surface area contributed by atoms with Crippen LogP contribution in [0.15, 0.2) is 11.6 Å². The van der Waals surface area contributed by atoms with E-state index in [1.54, 1.807) is 0 Å². The number of nitrogens with two attached hydrogens (primary N) is 1. The fourth-order valence-electron chi connectivity index (χ4n) is 2.66. The van der Waals surface area contributed by atoms with Crippen molar-refractivity contribution >= 4 is 10.2 Å². The summed E-state index contributed by atoms with van der Waals surface area (Å²) in [4.78, 5) is 0. The minimum absolute atomic E-state index is 0.121. The second kappa shape index (κ2) is 6.23. The molecule has 1 fully saturated rings. The van der Waals surface area contributed by atoms with E-state index in [0.717, 1.165) is 10.4 Å². The summed E-state index contributed by atoms with van der Waals surface area (Å²) in [6, 6.07) is 0. The molecule has 0 unspecified atom stereocenters. The molecule has 0 bridgehead atoms. The maximum Gasteiger partial charge on any atom is 0.412 e. The number of rotatable bonds is 3. The maximum absolute atomic E-state index is 12.5. The van der Waals surface area contributed by atoms with Crippen molar-refractivity contribution in [1.82, 2.24) is 8.61 Å². The Labute approximate surface area is 122 Å². The predicted molar refractivity (Wildman–Crippen MR) is 72.6 cm³/mol. The van der Waals surface area contributed by atoms with Gasteiger partial charge in [-0.25, -0.2) is 0 Å². The second-order valence-corrected chi connectivity index (χ2v) is 7.35. The van der Waals surface area contributed by atoms with Crippen molar-refractivity contribution in [1.29, 1.82) is 0 Å². The molecular weight excluding hydrogens is 307 g/mol. The van der Waals surface area contributed by atoms with Crippen LogP contribution in [0.2, 0.25) is 0 Å². The van der Waals surface area contributed by atoms with Crippen molar-refractivity contribution in [3.05, 3.63) is 11.6 Å². The zero-order chi connectivity index (χ0) is 15.7. The first kappa shape index (κ1) is 16.7. The molecule has 0 aromatic rings. The Morgan fingerprint density at radius 1 is 1.19 bits per heavy atom. The summed E-state index contributed by atoms with van der Waals surface area (Å²) in [5.41, 5.74) is 4.92. The van der Waals surface area contributed by atoms with Crippen molar-refractivity contribution < 1.29 is 21.6 Å². The summed E-state index contributed by atoms with van der Waals surface area (Å²) in [7, 11) is -3.67. The van der Waals surface area contributed by atoms with Gasteiger partial charge in [0.25, 0.3) is 10.2 Å². The van der Waals surface area contributed by atoms with Gasteiger partial charge in [-0.1, -0.05) is 6.08 Å². The molecule has 21 heavy (non-hydrogen) atoms. The lowest BCUT2D eigenvalue weighted by Crippen LogP contribution is -2.49. The lowest BCUT2D eigenvalue weighted by atomic mass is 9.99. The van der Waals surface area contributed by atoms with E-state index in [0.29, 0.717) is 38.4 Å². The van der Waals surface area contributed by atoms with Crippen molar-refractivity contribution in [2.45, 2.75) is 25.4 Å². The van der Waals surface area contributed by atoms with E-state index < -0.39 is 22.0 Å². The van der Waals surface area contributed by atoms with Crippen LogP contribution in [0.1, 0.15) is 19.3 Å². The highest BCUT2D eigenvalue weighted by Crippen LogP contribution is 2.31. The van der Waals surface area contributed by atoms with E-state index in [-0.39, 0.29) is 19.5 Å². The van der Waals surface area contributed by atoms with Crippen LogP contribution < -0.4 is 5.73 Å². The van der Waals surface area contributed by atoms with Gasteiger partial charge in [-0.3, -0.25) is 0 Å². The molecule has 9 heteroatoms. The Bertz CT molecular complexity index is 496. The number of halogens is 3.